The van der Waals surface area contributed by atoms with Gasteiger partial charge in [0.1, 0.15) is 0 Å². The number of nitrogens with zero attached hydrogens (tertiary/aromatic N) is 3. The third-order valence-corrected chi connectivity index (χ3v) is 5.88. The summed E-state index contributed by atoms with van der Waals surface area (Å²) >= 11 is 7.46. The van der Waals surface area contributed by atoms with E-state index in [-0.39, 0.29) is 17.7 Å². The topological polar surface area (TPSA) is 59.2 Å². The average Bonchev–Trinajstić information content (AvgIpc) is 3.16. The molecule has 0 fully saturated rings. The lowest BCUT2D eigenvalue weighted by Crippen LogP contribution is -2.34. The molecule has 5 nitrogen and oxygen atoms in total. The molecule has 1 atom stereocenters. The molecule has 1 amide bonds. The SMILES string of the molecule is CCC(Sc1ccc(Cl)cc1)C(=O)N(C)Cc1nc(-c2ccc(C)cc2)no1. The van der Waals surface area contributed by atoms with Crippen molar-refractivity contribution in [1.82, 2.24) is 15.0 Å². The van der Waals surface area contributed by atoms with Crippen molar-refractivity contribution in [3.63, 3.8) is 0 Å². The molecule has 146 valence electrons. The van der Waals surface area contributed by atoms with Gasteiger partial charge in [0.15, 0.2) is 0 Å². The number of amides is 1. The smallest absolute Gasteiger partial charge is 0.246 e. The maximum Gasteiger partial charge on any atom is 0.246 e. The molecule has 0 aliphatic heterocycles. The van der Waals surface area contributed by atoms with Crippen LogP contribution in [0.15, 0.2) is 57.9 Å². The van der Waals surface area contributed by atoms with Crippen molar-refractivity contribution in [2.24, 2.45) is 0 Å². The fraction of sp³-hybridized carbons (Fsp3) is 0.286. The number of aromatic nitrogens is 2. The molecule has 3 aromatic rings. The van der Waals surface area contributed by atoms with Crippen molar-refractivity contribution in [3.8, 4) is 11.4 Å². The molecule has 1 heterocycles. The minimum Gasteiger partial charge on any atom is -0.337 e. The molecule has 0 radical (unpaired) electrons. The molecule has 2 aromatic carbocycles. The van der Waals surface area contributed by atoms with E-state index < -0.39 is 0 Å². The van der Waals surface area contributed by atoms with E-state index in [1.54, 1.807) is 11.9 Å². The molecule has 28 heavy (non-hydrogen) atoms. The zero-order valence-electron chi connectivity index (χ0n) is 16.1. The largest absolute Gasteiger partial charge is 0.337 e. The standard InChI is InChI=1S/C21H22ClN3O2S/c1-4-18(28-17-11-9-16(22)10-12-17)21(26)25(3)13-19-23-20(24-27-19)15-7-5-14(2)6-8-15/h5-12,18H,4,13H2,1-3H3. The number of hydrogen-bond acceptors (Lipinski definition) is 5. The Kier molecular flexibility index (Phi) is 6.75. The predicted octanol–water partition coefficient (Wildman–Crippen LogP) is 5.23. The highest BCUT2D eigenvalue weighted by Crippen LogP contribution is 2.28. The summed E-state index contributed by atoms with van der Waals surface area (Å²) in [6.45, 7) is 4.30. The second kappa shape index (κ2) is 9.26. The van der Waals surface area contributed by atoms with Gasteiger partial charge in [-0.1, -0.05) is 53.5 Å². The van der Waals surface area contributed by atoms with Gasteiger partial charge < -0.3 is 9.42 Å². The highest BCUT2D eigenvalue weighted by atomic mass is 35.5. The zero-order valence-corrected chi connectivity index (χ0v) is 17.6. The van der Waals surface area contributed by atoms with Gasteiger partial charge >= 0.3 is 0 Å². The van der Waals surface area contributed by atoms with E-state index in [2.05, 4.69) is 10.1 Å². The molecular weight excluding hydrogens is 394 g/mol. The van der Waals surface area contributed by atoms with Crippen molar-refractivity contribution in [2.45, 2.75) is 37.0 Å². The summed E-state index contributed by atoms with van der Waals surface area (Å²) in [5.41, 5.74) is 2.06. The molecule has 1 unspecified atom stereocenters. The first-order chi connectivity index (χ1) is 13.5. The predicted molar refractivity (Wildman–Crippen MR) is 112 cm³/mol. The summed E-state index contributed by atoms with van der Waals surface area (Å²) in [5.74, 6) is 0.966. The third-order valence-electron chi connectivity index (χ3n) is 4.26. The molecule has 7 heteroatoms. The number of thioether (sulfide) groups is 1. The van der Waals surface area contributed by atoms with E-state index in [0.717, 1.165) is 16.9 Å². The lowest BCUT2D eigenvalue weighted by molar-refractivity contribution is -0.130. The molecule has 0 saturated carbocycles. The van der Waals surface area contributed by atoms with Crippen molar-refractivity contribution in [2.75, 3.05) is 7.05 Å². The summed E-state index contributed by atoms with van der Waals surface area (Å²) < 4.78 is 5.34. The maximum atomic E-state index is 12.9. The van der Waals surface area contributed by atoms with Crippen LogP contribution in [0.5, 0.6) is 0 Å². The number of halogens is 1. The number of rotatable bonds is 7. The molecule has 0 aliphatic rings. The van der Waals surface area contributed by atoms with E-state index in [1.807, 2.05) is 62.4 Å². The minimum absolute atomic E-state index is 0.0255. The Morgan fingerprint density at radius 3 is 2.50 bits per heavy atom. The van der Waals surface area contributed by atoms with Gasteiger partial charge in [0.25, 0.3) is 0 Å². The molecular formula is C21H22ClN3O2S. The van der Waals surface area contributed by atoms with E-state index >= 15 is 0 Å². The number of benzene rings is 2. The Balaban J connectivity index is 1.64. The van der Waals surface area contributed by atoms with Crippen LogP contribution in [-0.4, -0.2) is 33.2 Å². The number of aryl methyl sites for hydroxylation is 1. The van der Waals surface area contributed by atoms with Crippen molar-refractivity contribution in [1.29, 1.82) is 0 Å². The van der Waals surface area contributed by atoms with Crippen LogP contribution in [0.4, 0.5) is 0 Å². The second-order valence-electron chi connectivity index (χ2n) is 6.54. The van der Waals surface area contributed by atoms with E-state index in [4.69, 9.17) is 16.1 Å². The summed E-state index contributed by atoms with van der Waals surface area (Å²) in [4.78, 5) is 19.9. The third kappa shape index (κ3) is 5.14. The summed E-state index contributed by atoms with van der Waals surface area (Å²) in [5, 5.41) is 4.52. The highest BCUT2D eigenvalue weighted by molar-refractivity contribution is 8.00. The van der Waals surface area contributed by atoms with Gasteiger partial charge in [0, 0.05) is 22.5 Å². The maximum absolute atomic E-state index is 12.9. The first-order valence-corrected chi connectivity index (χ1v) is 10.3. The first kappa shape index (κ1) is 20.4. The van der Waals surface area contributed by atoms with Crippen LogP contribution >= 0.6 is 23.4 Å². The van der Waals surface area contributed by atoms with E-state index in [1.165, 1.54) is 17.3 Å². The number of carbonyl (C=O) groups is 1. The summed E-state index contributed by atoms with van der Waals surface area (Å²) in [6, 6.07) is 15.4. The monoisotopic (exact) mass is 415 g/mol. The summed E-state index contributed by atoms with van der Waals surface area (Å²) in [7, 11) is 1.75. The van der Waals surface area contributed by atoms with Gasteiger partial charge in [-0.25, -0.2) is 0 Å². The molecule has 0 N–H and O–H groups in total. The first-order valence-electron chi connectivity index (χ1n) is 9.03. The fourth-order valence-electron chi connectivity index (χ4n) is 2.65. The second-order valence-corrected chi connectivity index (χ2v) is 8.25. The van der Waals surface area contributed by atoms with Gasteiger partial charge in [0.2, 0.25) is 17.6 Å². The Morgan fingerprint density at radius 2 is 1.86 bits per heavy atom. The molecule has 0 saturated heterocycles. The van der Waals surface area contributed by atoms with Crippen molar-refractivity contribution in [3.05, 3.63) is 65.0 Å². The lowest BCUT2D eigenvalue weighted by Gasteiger charge is -2.21. The van der Waals surface area contributed by atoms with Gasteiger partial charge in [0.05, 0.1) is 11.8 Å². The zero-order chi connectivity index (χ0) is 20.1. The minimum atomic E-state index is -0.189. The Hall–Kier alpha value is -2.31. The van der Waals surface area contributed by atoms with Crippen molar-refractivity contribution >= 4 is 29.3 Å². The fourth-order valence-corrected chi connectivity index (χ4v) is 3.85. The van der Waals surface area contributed by atoms with Crippen LogP contribution in [-0.2, 0) is 11.3 Å². The highest BCUT2D eigenvalue weighted by Gasteiger charge is 2.23. The van der Waals surface area contributed by atoms with Crippen LogP contribution < -0.4 is 0 Å². The molecule has 3 rings (SSSR count). The molecule has 1 aromatic heterocycles. The Morgan fingerprint density at radius 1 is 1.18 bits per heavy atom. The van der Waals surface area contributed by atoms with E-state index in [9.17, 15) is 4.79 Å². The number of carbonyl (C=O) groups excluding carboxylic acids is 1. The average molecular weight is 416 g/mol. The number of hydrogen-bond donors (Lipinski definition) is 0. The van der Waals surface area contributed by atoms with Crippen LogP contribution in [0, 0.1) is 6.92 Å². The van der Waals surface area contributed by atoms with Crippen LogP contribution in [0.3, 0.4) is 0 Å². The Labute approximate surface area is 174 Å². The van der Waals surface area contributed by atoms with Crippen molar-refractivity contribution < 1.29 is 9.32 Å². The molecule has 0 spiro atoms. The lowest BCUT2D eigenvalue weighted by atomic mass is 10.1. The van der Waals surface area contributed by atoms with Crippen LogP contribution in [0.1, 0.15) is 24.8 Å². The normalized spacial score (nSPS) is 12.0. The van der Waals surface area contributed by atoms with Gasteiger partial charge in [-0.15, -0.1) is 11.8 Å². The van der Waals surface area contributed by atoms with Gasteiger partial charge in [-0.05, 0) is 37.6 Å². The quantitative estimate of drug-likeness (QED) is 0.494. The van der Waals surface area contributed by atoms with Crippen LogP contribution in [0.2, 0.25) is 5.02 Å². The van der Waals surface area contributed by atoms with Gasteiger partial charge in [-0.3, -0.25) is 4.79 Å². The van der Waals surface area contributed by atoms with Gasteiger partial charge in [-0.2, -0.15) is 4.98 Å². The molecule has 0 aliphatic carbocycles. The van der Waals surface area contributed by atoms with Crippen LogP contribution in [0.25, 0.3) is 11.4 Å². The van der Waals surface area contributed by atoms with E-state index in [0.29, 0.717) is 16.7 Å². The molecule has 0 bridgehead atoms. The Bertz CT molecular complexity index is 926. The summed E-state index contributed by atoms with van der Waals surface area (Å²) in [6.07, 6.45) is 0.717.